The van der Waals surface area contributed by atoms with Crippen LogP contribution in [0.1, 0.15) is 22.3 Å². The average molecular weight is 779 g/mol. The van der Waals surface area contributed by atoms with Crippen molar-refractivity contribution in [2.24, 2.45) is 0 Å². The molecule has 0 bridgehead atoms. The fourth-order valence-corrected chi connectivity index (χ4v) is 11.0. The number of aromatic nitrogens is 3. The van der Waals surface area contributed by atoms with Gasteiger partial charge in [0.05, 0.1) is 33.2 Å². The van der Waals surface area contributed by atoms with Crippen molar-refractivity contribution in [1.82, 2.24) is 14.0 Å². The maximum absolute atomic E-state index is 6.59. The molecule has 9 aromatic carbocycles. The highest BCUT2D eigenvalue weighted by Gasteiger charge is 2.52. The number of hydrogen-bond donors (Lipinski definition) is 0. The minimum atomic E-state index is -0.470. The van der Waals surface area contributed by atoms with Gasteiger partial charge in [0.2, 0.25) is 5.78 Å². The Morgan fingerprint density at radius 3 is 1.89 bits per heavy atom. The number of furan rings is 1. The molecule has 0 fully saturated rings. The zero-order valence-corrected chi connectivity index (χ0v) is 32.8. The van der Waals surface area contributed by atoms with Crippen LogP contribution >= 0.6 is 0 Å². The molecule has 0 saturated carbocycles. The molecule has 0 aliphatic heterocycles. The Hall–Kier alpha value is -8.15. The van der Waals surface area contributed by atoms with Crippen LogP contribution in [0.15, 0.2) is 211 Å². The van der Waals surface area contributed by atoms with E-state index in [0.29, 0.717) is 0 Å². The average Bonchev–Trinajstić information content (AvgIpc) is 4.11. The molecule has 0 N–H and O–H groups in total. The number of benzene rings is 9. The molecular formula is C56H34N4O. The third-order valence-electron chi connectivity index (χ3n) is 13.3. The van der Waals surface area contributed by atoms with Crippen LogP contribution in [0.2, 0.25) is 0 Å². The van der Waals surface area contributed by atoms with E-state index in [1.54, 1.807) is 0 Å². The number of nitrogens with zero attached hydrogens (tertiary/aromatic N) is 4. The van der Waals surface area contributed by atoms with Gasteiger partial charge in [-0.2, -0.15) is 0 Å². The lowest BCUT2D eigenvalue weighted by Crippen LogP contribution is -2.26. The van der Waals surface area contributed by atoms with E-state index >= 15 is 0 Å². The minimum absolute atomic E-state index is 0.470. The Morgan fingerprint density at radius 1 is 0.443 bits per heavy atom. The van der Waals surface area contributed by atoms with Gasteiger partial charge in [0.1, 0.15) is 11.2 Å². The molecule has 0 saturated heterocycles. The third kappa shape index (κ3) is 4.21. The molecule has 12 aromatic rings. The van der Waals surface area contributed by atoms with Gasteiger partial charge in [-0.15, -0.1) is 0 Å². The molecule has 5 nitrogen and oxygen atoms in total. The summed E-state index contributed by atoms with van der Waals surface area (Å²) in [6, 6.07) is 74.8. The summed E-state index contributed by atoms with van der Waals surface area (Å²) in [5.74, 6) is 0.879. The number of anilines is 3. The van der Waals surface area contributed by atoms with Gasteiger partial charge in [-0.25, -0.2) is 4.98 Å². The van der Waals surface area contributed by atoms with E-state index < -0.39 is 5.41 Å². The molecule has 0 unspecified atom stereocenters. The monoisotopic (exact) mass is 778 g/mol. The topological polar surface area (TPSA) is 38.6 Å². The first-order valence-electron chi connectivity index (χ1n) is 20.9. The minimum Gasteiger partial charge on any atom is -0.456 e. The largest absolute Gasteiger partial charge is 0.456 e. The maximum atomic E-state index is 6.59. The summed E-state index contributed by atoms with van der Waals surface area (Å²) in [5, 5.41) is 2.21. The highest BCUT2D eigenvalue weighted by Crippen LogP contribution is 2.64. The summed E-state index contributed by atoms with van der Waals surface area (Å²) >= 11 is 0. The van der Waals surface area contributed by atoms with Crippen LogP contribution in [-0.4, -0.2) is 14.0 Å². The van der Waals surface area contributed by atoms with Crippen molar-refractivity contribution in [2.75, 3.05) is 4.90 Å². The lowest BCUT2D eigenvalue weighted by Gasteiger charge is -2.31. The summed E-state index contributed by atoms with van der Waals surface area (Å²) in [6.07, 6.45) is 0. The lowest BCUT2D eigenvalue weighted by atomic mass is 9.70. The number of hydrogen-bond acceptors (Lipinski definition) is 3. The van der Waals surface area contributed by atoms with E-state index in [1.165, 1.54) is 44.5 Å². The van der Waals surface area contributed by atoms with Crippen LogP contribution in [0, 0.1) is 0 Å². The molecular weight excluding hydrogens is 745 g/mol. The van der Waals surface area contributed by atoms with Crippen molar-refractivity contribution >= 4 is 66.8 Å². The van der Waals surface area contributed by atoms with Gasteiger partial charge in [0.25, 0.3) is 0 Å². The third-order valence-corrected chi connectivity index (χ3v) is 13.3. The standard InChI is InChI=1S/C56H34N4O/c1-2-15-35(16-3-1)59-49-32-30-36(33-51(49)60-48-26-12-11-25-47(48)57-55(59)60)58(37-29-31-41-40-19-7-13-28-52(40)61-53(41)34-37)50-27-14-24-46-54(50)42-20-6-10-23-45(42)56(46)43-21-8-4-17-38(43)39-18-5-9-22-44(39)56/h1-34H. The maximum Gasteiger partial charge on any atom is 0.220 e. The number of rotatable bonds is 4. The summed E-state index contributed by atoms with van der Waals surface area (Å²) in [5.41, 5.74) is 20.0. The predicted molar refractivity (Wildman–Crippen MR) is 248 cm³/mol. The Labute approximate surface area is 350 Å². The van der Waals surface area contributed by atoms with Crippen molar-refractivity contribution < 1.29 is 4.42 Å². The number of para-hydroxylation sites is 4. The number of fused-ring (bicyclic) bond motifs is 18. The fraction of sp³-hybridized carbons (Fsp3) is 0.0179. The molecule has 2 aliphatic rings. The second-order valence-corrected chi connectivity index (χ2v) is 16.3. The zero-order chi connectivity index (χ0) is 39.8. The van der Waals surface area contributed by atoms with E-state index in [4.69, 9.17) is 9.40 Å². The summed E-state index contributed by atoms with van der Waals surface area (Å²) < 4.78 is 11.2. The molecule has 0 amide bonds. The zero-order valence-electron chi connectivity index (χ0n) is 32.8. The normalized spacial score (nSPS) is 13.4. The summed E-state index contributed by atoms with van der Waals surface area (Å²) in [4.78, 5) is 7.67. The van der Waals surface area contributed by atoms with E-state index in [1.807, 2.05) is 6.07 Å². The second-order valence-electron chi connectivity index (χ2n) is 16.3. The van der Waals surface area contributed by atoms with Crippen LogP contribution in [0.5, 0.6) is 0 Å². The van der Waals surface area contributed by atoms with E-state index in [9.17, 15) is 0 Å². The molecule has 14 rings (SSSR count). The smallest absolute Gasteiger partial charge is 0.220 e. The second kappa shape index (κ2) is 12.0. The van der Waals surface area contributed by atoms with E-state index in [2.05, 4.69) is 214 Å². The van der Waals surface area contributed by atoms with Crippen LogP contribution in [0.4, 0.5) is 17.1 Å². The van der Waals surface area contributed by atoms with Crippen molar-refractivity contribution in [2.45, 2.75) is 5.41 Å². The Kier molecular flexibility index (Phi) is 6.43. The summed E-state index contributed by atoms with van der Waals surface area (Å²) in [7, 11) is 0. The fourth-order valence-electron chi connectivity index (χ4n) is 11.0. The lowest BCUT2D eigenvalue weighted by molar-refractivity contribution is 0.669. The molecule has 3 aromatic heterocycles. The van der Waals surface area contributed by atoms with Crippen molar-refractivity contribution in [3.8, 4) is 27.9 Å². The van der Waals surface area contributed by atoms with Gasteiger partial charge in [0, 0.05) is 39.5 Å². The molecule has 0 atom stereocenters. The van der Waals surface area contributed by atoms with E-state index in [-0.39, 0.29) is 0 Å². The Balaban J connectivity index is 1.09. The molecule has 5 heteroatoms. The SMILES string of the molecule is c1ccc(-n2c3ccc(N(c4ccc5c(c4)oc4ccccc45)c4cccc5c4-c4ccccc4C54c5ccccc5-c5ccccc54)cc3n3c4ccccc4nc23)cc1. The first-order valence-corrected chi connectivity index (χ1v) is 20.9. The molecule has 3 heterocycles. The van der Waals surface area contributed by atoms with Crippen LogP contribution in [0.3, 0.4) is 0 Å². The van der Waals surface area contributed by atoms with Crippen LogP contribution in [-0.2, 0) is 5.41 Å². The quantitative estimate of drug-likeness (QED) is 0.179. The summed E-state index contributed by atoms with van der Waals surface area (Å²) in [6.45, 7) is 0. The first kappa shape index (κ1) is 32.8. The number of imidazole rings is 2. The highest BCUT2D eigenvalue weighted by atomic mass is 16.3. The van der Waals surface area contributed by atoms with Crippen LogP contribution < -0.4 is 4.90 Å². The van der Waals surface area contributed by atoms with E-state index in [0.717, 1.165) is 72.5 Å². The van der Waals surface area contributed by atoms with Gasteiger partial charge < -0.3 is 9.32 Å². The first-order chi connectivity index (χ1) is 30.3. The molecule has 0 radical (unpaired) electrons. The van der Waals surface area contributed by atoms with Gasteiger partial charge in [-0.05, 0) is 106 Å². The van der Waals surface area contributed by atoms with Crippen molar-refractivity contribution in [1.29, 1.82) is 0 Å². The predicted octanol–water partition coefficient (Wildman–Crippen LogP) is 14.1. The highest BCUT2D eigenvalue weighted by molar-refractivity contribution is 6.07. The van der Waals surface area contributed by atoms with Crippen molar-refractivity contribution in [3.05, 3.63) is 229 Å². The Morgan fingerprint density at radius 2 is 1.07 bits per heavy atom. The Bertz CT molecular complexity index is 3750. The molecule has 2 aliphatic carbocycles. The molecule has 1 spiro atoms. The van der Waals surface area contributed by atoms with Gasteiger partial charge in [0.15, 0.2) is 0 Å². The van der Waals surface area contributed by atoms with Crippen LogP contribution in [0.25, 0.3) is 77.7 Å². The van der Waals surface area contributed by atoms with Gasteiger partial charge in [-0.3, -0.25) is 8.97 Å². The van der Waals surface area contributed by atoms with Gasteiger partial charge in [-0.1, -0.05) is 133 Å². The van der Waals surface area contributed by atoms with Crippen molar-refractivity contribution in [3.63, 3.8) is 0 Å². The van der Waals surface area contributed by atoms with Gasteiger partial charge >= 0.3 is 0 Å². The molecule has 284 valence electrons. The molecule has 61 heavy (non-hydrogen) atoms.